The lowest BCUT2D eigenvalue weighted by molar-refractivity contribution is -0.155. The van der Waals surface area contributed by atoms with Gasteiger partial charge in [-0.2, -0.15) is 0 Å². The summed E-state index contributed by atoms with van der Waals surface area (Å²) < 4.78 is 10.0. The predicted molar refractivity (Wildman–Crippen MR) is 56.4 cm³/mol. The highest BCUT2D eigenvalue weighted by Gasteiger charge is 2.51. The minimum Gasteiger partial charge on any atom is -0.469 e. The molecule has 4 atom stereocenters. The van der Waals surface area contributed by atoms with E-state index < -0.39 is 5.97 Å². The molecule has 2 fully saturated rings. The van der Waals surface area contributed by atoms with Crippen LogP contribution in [-0.2, 0) is 19.1 Å². The molecule has 0 heterocycles. The van der Waals surface area contributed by atoms with E-state index in [-0.39, 0.29) is 23.9 Å². The molecule has 0 aromatic rings. The second kappa shape index (κ2) is 4.28. The molecule has 0 aromatic heterocycles. The van der Waals surface area contributed by atoms with Crippen LogP contribution in [0.2, 0.25) is 0 Å². The fourth-order valence-electron chi connectivity index (χ4n) is 3.04. The summed E-state index contributed by atoms with van der Waals surface area (Å²) in [4.78, 5) is 22.7. The van der Waals surface area contributed by atoms with Crippen molar-refractivity contribution in [3.8, 4) is 0 Å². The standard InChI is InChI=1S/C12H16O4/c1-3-11(13)16-10-6-7-4-8(10)9(5-7)12(14)15-2/h3,7-10H,1,4-6H2,2H3. The van der Waals surface area contributed by atoms with E-state index in [1.807, 2.05) is 0 Å². The maximum atomic E-state index is 11.5. The molecule has 0 spiro atoms. The Hall–Kier alpha value is -1.32. The van der Waals surface area contributed by atoms with Crippen molar-refractivity contribution in [2.45, 2.75) is 25.4 Å². The van der Waals surface area contributed by atoms with Crippen molar-refractivity contribution in [1.29, 1.82) is 0 Å². The second-order valence-corrected chi connectivity index (χ2v) is 4.55. The Morgan fingerprint density at radius 3 is 2.62 bits per heavy atom. The number of hydrogen-bond acceptors (Lipinski definition) is 4. The van der Waals surface area contributed by atoms with E-state index in [1.54, 1.807) is 0 Å². The van der Waals surface area contributed by atoms with Crippen molar-refractivity contribution in [1.82, 2.24) is 0 Å². The molecule has 2 rings (SSSR count). The number of carbonyl (C=O) groups is 2. The Labute approximate surface area is 94.6 Å². The van der Waals surface area contributed by atoms with E-state index in [4.69, 9.17) is 9.47 Å². The third kappa shape index (κ3) is 1.84. The summed E-state index contributed by atoms with van der Waals surface area (Å²) in [5.74, 6) is -0.0301. The van der Waals surface area contributed by atoms with E-state index in [0.717, 1.165) is 19.3 Å². The summed E-state index contributed by atoms with van der Waals surface area (Å²) in [7, 11) is 1.40. The molecular weight excluding hydrogens is 208 g/mol. The van der Waals surface area contributed by atoms with Gasteiger partial charge in [0.1, 0.15) is 6.10 Å². The van der Waals surface area contributed by atoms with Gasteiger partial charge in [0.2, 0.25) is 0 Å². The summed E-state index contributed by atoms with van der Waals surface area (Å²) in [6.07, 6.45) is 3.75. The van der Waals surface area contributed by atoms with Crippen molar-refractivity contribution in [2.24, 2.45) is 17.8 Å². The average molecular weight is 224 g/mol. The van der Waals surface area contributed by atoms with Crippen LogP contribution in [0.15, 0.2) is 12.7 Å². The lowest BCUT2D eigenvalue weighted by Gasteiger charge is -2.27. The fourth-order valence-corrected chi connectivity index (χ4v) is 3.04. The number of hydrogen-bond donors (Lipinski definition) is 0. The highest BCUT2D eigenvalue weighted by Crippen LogP contribution is 2.50. The first kappa shape index (κ1) is 11.2. The Bertz CT molecular complexity index is 323. The van der Waals surface area contributed by atoms with Gasteiger partial charge in [-0.3, -0.25) is 4.79 Å². The zero-order chi connectivity index (χ0) is 11.7. The number of carbonyl (C=O) groups excluding carboxylic acids is 2. The van der Waals surface area contributed by atoms with Crippen LogP contribution >= 0.6 is 0 Å². The van der Waals surface area contributed by atoms with Gasteiger partial charge in [-0.25, -0.2) is 4.79 Å². The van der Waals surface area contributed by atoms with Crippen LogP contribution in [0.25, 0.3) is 0 Å². The summed E-state index contributed by atoms with van der Waals surface area (Å²) in [6, 6.07) is 0. The Morgan fingerprint density at radius 1 is 1.31 bits per heavy atom. The molecule has 0 saturated heterocycles. The van der Waals surface area contributed by atoms with Crippen molar-refractivity contribution < 1.29 is 19.1 Å². The summed E-state index contributed by atoms with van der Waals surface area (Å²) >= 11 is 0. The minimum atomic E-state index is -0.402. The van der Waals surface area contributed by atoms with E-state index in [0.29, 0.717) is 5.92 Å². The van der Waals surface area contributed by atoms with Crippen LogP contribution in [0.4, 0.5) is 0 Å². The average Bonchev–Trinajstić information content (AvgIpc) is 2.86. The molecule has 0 aromatic carbocycles. The van der Waals surface area contributed by atoms with Gasteiger partial charge < -0.3 is 9.47 Å². The molecule has 4 heteroatoms. The lowest BCUT2D eigenvalue weighted by Crippen LogP contribution is -2.33. The van der Waals surface area contributed by atoms with E-state index in [2.05, 4.69) is 6.58 Å². The Kier molecular flexibility index (Phi) is 2.99. The first-order chi connectivity index (χ1) is 7.65. The third-order valence-electron chi connectivity index (χ3n) is 3.69. The van der Waals surface area contributed by atoms with E-state index in [9.17, 15) is 9.59 Å². The minimum absolute atomic E-state index is 0.0913. The molecule has 2 bridgehead atoms. The molecule has 2 saturated carbocycles. The quantitative estimate of drug-likeness (QED) is 0.535. The maximum absolute atomic E-state index is 11.5. The molecule has 0 N–H and O–H groups in total. The molecule has 88 valence electrons. The molecule has 0 amide bonds. The normalized spacial score (nSPS) is 35.8. The third-order valence-corrected chi connectivity index (χ3v) is 3.69. The Morgan fingerprint density at radius 2 is 2.06 bits per heavy atom. The lowest BCUT2D eigenvalue weighted by atomic mass is 9.86. The molecule has 16 heavy (non-hydrogen) atoms. The molecule has 4 unspecified atom stereocenters. The van der Waals surface area contributed by atoms with E-state index in [1.165, 1.54) is 13.2 Å². The van der Waals surface area contributed by atoms with Crippen molar-refractivity contribution in [2.75, 3.05) is 7.11 Å². The van der Waals surface area contributed by atoms with Gasteiger partial charge in [-0.05, 0) is 25.2 Å². The monoisotopic (exact) mass is 224 g/mol. The zero-order valence-corrected chi connectivity index (χ0v) is 9.35. The summed E-state index contributed by atoms with van der Waals surface area (Å²) in [6.45, 7) is 3.37. The van der Waals surface area contributed by atoms with Gasteiger partial charge in [-0.15, -0.1) is 0 Å². The molecule has 0 aliphatic heterocycles. The summed E-state index contributed by atoms with van der Waals surface area (Å²) in [5, 5.41) is 0. The number of fused-ring (bicyclic) bond motifs is 2. The van der Waals surface area contributed by atoms with Crippen molar-refractivity contribution in [3.63, 3.8) is 0 Å². The van der Waals surface area contributed by atoms with Crippen LogP contribution in [0.1, 0.15) is 19.3 Å². The first-order valence-electron chi connectivity index (χ1n) is 5.56. The molecule has 2 aliphatic carbocycles. The van der Waals surface area contributed by atoms with Crippen LogP contribution in [0.3, 0.4) is 0 Å². The van der Waals surface area contributed by atoms with Gasteiger partial charge in [0.15, 0.2) is 0 Å². The van der Waals surface area contributed by atoms with Gasteiger partial charge in [0, 0.05) is 12.0 Å². The van der Waals surface area contributed by atoms with Crippen LogP contribution in [-0.4, -0.2) is 25.2 Å². The molecule has 2 aliphatic rings. The van der Waals surface area contributed by atoms with Crippen molar-refractivity contribution in [3.05, 3.63) is 12.7 Å². The number of methoxy groups -OCH3 is 1. The highest BCUT2D eigenvalue weighted by molar-refractivity contribution is 5.81. The number of ether oxygens (including phenoxy) is 2. The molecule has 0 radical (unpaired) electrons. The first-order valence-corrected chi connectivity index (χ1v) is 5.56. The highest BCUT2D eigenvalue weighted by atomic mass is 16.5. The second-order valence-electron chi connectivity index (χ2n) is 4.55. The maximum Gasteiger partial charge on any atom is 0.330 e. The molecular formula is C12H16O4. The van der Waals surface area contributed by atoms with Crippen LogP contribution in [0, 0.1) is 17.8 Å². The predicted octanol–water partition coefficient (Wildman–Crippen LogP) is 1.30. The van der Waals surface area contributed by atoms with Crippen LogP contribution in [0.5, 0.6) is 0 Å². The van der Waals surface area contributed by atoms with Crippen molar-refractivity contribution >= 4 is 11.9 Å². The molecule has 4 nitrogen and oxygen atoms in total. The van der Waals surface area contributed by atoms with Crippen LogP contribution < -0.4 is 0 Å². The van der Waals surface area contributed by atoms with E-state index >= 15 is 0 Å². The fraction of sp³-hybridized carbons (Fsp3) is 0.667. The largest absolute Gasteiger partial charge is 0.469 e. The zero-order valence-electron chi connectivity index (χ0n) is 9.35. The van der Waals surface area contributed by atoms with Gasteiger partial charge >= 0.3 is 11.9 Å². The van der Waals surface area contributed by atoms with Gasteiger partial charge in [0.05, 0.1) is 13.0 Å². The topological polar surface area (TPSA) is 52.6 Å². The van der Waals surface area contributed by atoms with Gasteiger partial charge in [-0.1, -0.05) is 6.58 Å². The number of esters is 2. The number of rotatable bonds is 3. The van der Waals surface area contributed by atoms with Gasteiger partial charge in [0.25, 0.3) is 0 Å². The Balaban J connectivity index is 2.01. The summed E-state index contributed by atoms with van der Waals surface area (Å²) in [5.41, 5.74) is 0. The SMILES string of the molecule is C=CC(=O)OC1CC2CC(C(=O)OC)C1C2. The smallest absolute Gasteiger partial charge is 0.330 e.